The molecule has 1 N–H and O–H groups in total. The van der Waals surface area contributed by atoms with Gasteiger partial charge in [0.15, 0.2) is 0 Å². The molecule has 21 heavy (non-hydrogen) atoms. The maximum atomic E-state index is 6.19. The zero-order valence-corrected chi connectivity index (χ0v) is 12.9. The summed E-state index contributed by atoms with van der Waals surface area (Å²) in [5, 5.41) is 4.83. The number of benzene rings is 1. The average Bonchev–Trinajstić information content (AvgIpc) is 2.53. The fraction of sp³-hybridized carbons (Fsp3) is 0.500. The molecule has 1 saturated heterocycles. The first-order chi connectivity index (χ1) is 10.2. The first-order valence-electron chi connectivity index (χ1n) is 7.95. The van der Waals surface area contributed by atoms with Crippen molar-refractivity contribution in [1.29, 1.82) is 0 Å². The van der Waals surface area contributed by atoms with Crippen molar-refractivity contribution in [2.75, 3.05) is 13.2 Å². The normalized spacial score (nSPS) is 24.1. The molecule has 1 aromatic carbocycles. The van der Waals surface area contributed by atoms with Crippen LogP contribution in [0.3, 0.4) is 0 Å². The standard InChI is InChI=1S/C18H24N2O/c1-3-19-17(18(2)11-4-5-13-21-18)15-10-6-8-14-9-7-12-20-16(14)15/h6-10,12,17,19H,3-5,11,13H2,1-2H3. The molecule has 1 aliphatic rings. The highest BCUT2D eigenvalue weighted by Gasteiger charge is 2.38. The van der Waals surface area contributed by atoms with E-state index in [-0.39, 0.29) is 11.6 Å². The molecule has 2 atom stereocenters. The zero-order valence-electron chi connectivity index (χ0n) is 12.9. The quantitative estimate of drug-likeness (QED) is 0.926. The van der Waals surface area contributed by atoms with E-state index in [1.54, 1.807) is 0 Å². The molecule has 112 valence electrons. The van der Waals surface area contributed by atoms with Crippen molar-refractivity contribution in [3.63, 3.8) is 0 Å². The Balaban J connectivity index is 2.07. The molecular weight excluding hydrogens is 260 g/mol. The minimum absolute atomic E-state index is 0.153. The van der Waals surface area contributed by atoms with Crippen LogP contribution >= 0.6 is 0 Å². The first kappa shape index (κ1) is 14.5. The summed E-state index contributed by atoms with van der Waals surface area (Å²) in [5.41, 5.74) is 2.18. The molecule has 2 aromatic rings. The van der Waals surface area contributed by atoms with Gasteiger partial charge in [-0.1, -0.05) is 31.2 Å². The number of rotatable bonds is 4. The van der Waals surface area contributed by atoms with Crippen molar-refractivity contribution < 1.29 is 4.74 Å². The van der Waals surface area contributed by atoms with Crippen LogP contribution in [0.1, 0.15) is 44.7 Å². The van der Waals surface area contributed by atoms with Gasteiger partial charge in [-0.3, -0.25) is 4.98 Å². The fourth-order valence-electron chi connectivity index (χ4n) is 3.40. The number of para-hydroxylation sites is 1. The summed E-state index contributed by atoms with van der Waals surface area (Å²) in [6.07, 6.45) is 5.37. The van der Waals surface area contributed by atoms with Gasteiger partial charge in [0.2, 0.25) is 0 Å². The number of hydrogen-bond acceptors (Lipinski definition) is 3. The highest BCUT2D eigenvalue weighted by molar-refractivity contribution is 5.82. The molecule has 0 aliphatic carbocycles. The number of nitrogens with zero attached hydrogens (tertiary/aromatic N) is 1. The average molecular weight is 284 g/mol. The number of nitrogens with one attached hydrogen (secondary N) is 1. The highest BCUT2D eigenvalue weighted by Crippen LogP contribution is 2.38. The van der Waals surface area contributed by atoms with Gasteiger partial charge in [0.05, 0.1) is 17.2 Å². The fourth-order valence-corrected chi connectivity index (χ4v) is 3.40. The number of fused-ring (bicyclic) bond motifs is 1. The minimum Gasteiger partial charge on any atom is -0.373 e. The summed E-state index contributed by atoms with van der Waals surface area (Å²) in [6.45, 7) is 6.17. The Morgan fingerprint density at radius 2 is 2.14 bits per heavy atom. The van der Waals surface area contributed by atoms with Gasteiger partial charge in [-0.15, -0.1) is 0 Å². The molecule has 1 fully saturated rings. The smallest absolute Gasteiger partial charge is 0.0849 e. The lowest BCUT2D eigenvalue weighted by Crippen LogP contribution is -2.46. The predicted molar refractivity (Wildman–Crippen MR) is 86.4 cm³/mol. The third kappa shape index (κ3) is 2.81. The molecular formula is C18H24N2O. The Bertz CT molecular complexity index is 600. The second-order valence-electron chi connectivity index (χ2n) is 6.03. The second-order valence-corrected chi connectivity index (χ2v) is 6.03. The van der Waals surface area contributed by atoms with Crippen LogP contribution in [0.15, 0.2) is 36.5 Å². The third-order valence-corrected chi connectivity index (χ3v) is 4.49. The summed E-state index contributed by atoms with van der Waals surface area (Å²) in [4.78, 5) is 4.61. The monoisotopic (exact) mass is 284 g/mol. The van der Waals surface area contributed by atoms with Crippen LogP contribution in [0.4, 0.5) is 0 Å². The second kappa shape index (κ2) is 6.12. The number of pyridine rings is 1. The van der Waals surface area contributed by atoms with Gasteiger partial charge >= 0.3 is 0 Å². The van der Waals surface area contributed by atoms with E-state index in [4.69, 9.17) is 4.74 Å². The van der Waals surface area contributed by atoms with Crippen LogP contribution in [-0.4, -0.2) is 23.7 Å². The molecule has 3 nitrogen and oxygen atoms in total. The molecule has 2 heterocycles. The van der Waals surface area contributed by atoms with Crippen LogP contribution in [0.25, 0.3) is 10.9 Å². The molecule has 1 aliphatic heterocycles. The molecule has 3 rings (SSSR count). The van der Waals surface area contributed by atoms with Crippen molar-refractivity contribution in [2.24, 2.45) is 0 Å². The van der Waals surface area contributed by atoms with E-state index < -0.39 is 0 Å². The molecule has 0 amide bonds. The molecule has 0 bridgehead atoms. The van der Waals surface area contributed by atoms with Crippen LogP contribution in [0.5, 0.6) is 0 Å². The predicted octanol–water partition coefficient (Wildman–Crippen LogP) is 3.84. The summed E-state index contributed by atoms with van der Waals surface area (Å²) in [6, 6.07) is 10.7. The first-order valence-corrected chi connectivity index (χ1v) is 7.95. The SMILES string of the molecule is CCNC(c1cccc2cccnc12)C1(C)CCCCO1. The van der Waals surface area contributed by atoms with Crippen molar-refractivity contribution in [3.8, 4) is 0 Å². The lowest BCUT2D eigenvalue weighted by atomic mass is 9.83. The Labute approximate surface area is 126 Å². The van der Waals surface area contributed by atoms with Gasteiger partial charge < -0.3 is 10.1 Å². The van der Waals surface area contributed by atoms with E-state index in [2.05, 4.69) is 48.4 Å². The van der Waals surface area contributed by atoms with E-state index in [0.29, 0.717) is 0 Å². The number of aromatic nitrogens is 1. The number of likely N-dealkylation sites (N-methyl/N-ethyl adjacent to an activating group) is 1. The summed E-state index contributed by atoms with van der Waals surface area (Å²) < 4.78 is 6.19. The maximum absolute atomic E-state index is 6.19. The third-order valence-electron chi connectivity index (χ3n) is 4.49. The molecule has 0 radical (unpaired) electrons. The van der Waals surface area contributed by atoms with E-state index >= 15 is 0 Å². The zero-order chi connectivity index (χ0) is 14.7. The van der Waals surface area contributed by atoms with Gasteiger partial charge in [-0.25, -0.2) is 0 Å². The minimum atomic E-state index is -0.153. The van der Waals surface area contributed by atoms with E-state index in [1.165, 1.54) is 23.8 Å². The summed E-state index contributed by atoms with van der Waals surface area (Å²) in [5.74, 6) is 0. The highest BCUT2D eigenvalue weighted by atomic mass is 16.5. The van der Waals surface area contributed by atoms with Crippen molar-refractivity contribution in [2.45, 2.75) is 44.8 Å². The van der Waals surface area contributed by atoms with Gasteiger partial charge in [0.25, 0.3) is 0 Å². The molecule has 0 saturated carbocycles. The number of hydrogen-bond donors (Lipinski definition) is 1. The summed E-state index contributed by atoms with van der Waals surface area (Å²) in [7, 11) is 0. The topological polar surface area (TPSA) is 34.2 Å². The molecule has 0 spiro atoms. The van der Waals surface area contributed by atoms with E-state index in [1.807, 2.05) is 12.3 Å². The number of ether oxygens (including phenoxy) is 1. The molecule has 1 aromatic heterocycles. The Kier molecular flexibility index (Phi) is 4.22. The van der Waals surface area contributed by atoms with Gasteiger partial charge in [-0.2, -0.15) is 0 Å². The van der Waals surface area contributed by atoms with E-state index in [9.17, 15) is 0 Å². The van der Waals surface area contributed by atoms with Crippen molar-refractivity contribution >= 4 is 10.9 Å². The molecule has 3 heteroatoms. The van der Waals surface area contributed by atoms with Gasteiger partial charge in [0.1, 0.15) is 0 Å². The maximum Gasteiger partial charge on any atom is 0.0849 e. The Morgan fingerprint density at radius 3 is 2.90 bits per heavy atom. The van der Waals surface area contributed by atoms with Gasteiger partial charge in [-0.05, 0) is 44.4 Å². The molecule has 2 unspecified atom stereocenters. The van der Waals surface area contributed by atoms with Crippen LogP contribution < -0.4 is 5.32 Å². The van der Waals surface area contributed by atoms with Crippen LogP contribution in [0, 0.1) is 0 Å². The van der Waals surface area contributed by atoms with Gasteiger partial charge in [0, 0.05) is 18.2 Å². The van der Waals surface area contributed by atoms with Crippen molar-refractivity contribution in [3.05, 3.63) is 42.1 Å². The lowest BCUT2D eigenvalue weighted by molar-refractivity contribution is -0.0892. The van der Waals surface area contributed by atoms with Crippen LogP contribution in [0.2, 0.25) is 0 Å². The Hall–Kier alpha value is -1.45. The Morgan fingerprint density at radius 1 is 1.29 bits per heavy atom. The lowest BCUT2D eigenvalue weighted by Gasteiger charge is -2.41. The largest absolute Gasteiger partial charge is 0.373 e. The summed E-state index contributed by atoms with van der Waals surface area (Å²) >= 11 is 0. The van der Waals surface area contributed by atoms with E-state index in [0.717, 1.165) is 25.1 Å². The van der Waals surface area contributed by atoms with Crippen molar-refractivity contribution in [1.82, 2.24) is 10.3 Å². The van der Waals surface area contributed by atoms with Crippen LogP contribution in [-0.2, 0) is 4.74 Å².